The van der Waals surface area contributed by atoms with E-state index in [9.17, 15) is 13.8 Å². The SMILES string of the molecule is COc1ccc(-c2ccc(CS(=O)CC(=O)NCCO)cc2)cc1C1SCC(=O)N1Cc1ccccc1. The van der Waals surface area contributed by atoms with Gasteiger partial charge in [0.1, 0.15) is 16.9 Å². The Morgan fingerprint density at radius 3 is 2.51 bits per heavy atom. The quantitative estimate of drug-likeness (QED) is 0.388. The monoisotopic (exact) mass is 538 g/mol. The third-order valence-electron chi connectivity index (χ3n) is 6.00. The summed E-state index contributed by atoms with van der Waals surface area (Å²) in [7, 11) is 0.299. The van der Waals surface area contributed by atoms with Crippen LogP contribution in [0.15, 0.2) is 72.8 Å². The van der Waals surface area contributed by atoms with Crippen molar-refractivity contribution in [2.75, 3.05) is 31.8 Å². The number of amides is 2. The van der Waals surface area contributed by atoms with Crippen LogP contribution in [-0.2, 0) is 32.7 Å². The van der Waals surface area contributed by atoms with Gasteiger partial charge in [0, 0.05) is 35.2 Å². The van der Waals surface area contributed by atoms with Crippen molar-refractivity contribution in [3.8, 4) is 16.9 Å². The van der Waals surface area contributed by atoms with E-state index < -0.39 is 10.8 Å². The summed E-state index contributed by atoms with van der Waals surface area (Å²) in [6.45, 7) is 0.550. The number of carbonyl (C=O) groups excluding carboxylic acids is 2. The Kier molecular flexibility index (Phi) is 9.38. The Bertz CT molecular complexity index is 1250. The lowest BCUT2D eigenvalue weighted by Crippen LogP contribution is -2.30. The maximum atomic E-state index is 12.8. The van der Waals surface area contributed by atoms with E-state index in [1.165, 1.54) is 0 Å². The van der Waals surface area contributed by atoms with E-state index >= 15 is 0 Å². The number of methoxy groups -OCH3 is 1. The Morgan fingerprint density at radius 1 is 1.08 bits per heavy atom. The van der Waals surface area contributed by atoms with Gasteiger partial charge in [0.15, 0.2) is 0 Å². The molecule has 0 saturated carbocycles. The van der Waals surface area contributed by atoms with Crippen LogP contribution in [-0.4, -0.2) is 57.8 Å². The predicted octanol–water partition coefficient (Wildman–Crippen LogP) is 3.49. The molecule has 1 heterocycles. The third-order valence-corrected chi connectivity index (χ3v) is 8.48. The molecule has 0 aromatic heterocycles. The second kappa shape index (κ2) is 12.9. The van der Waals surface area contributed by atoms with Crippen molar-refractivity contribution in [2.45, 2.75) is 17.7 Å². The molecule has 2 atom stereocenters. The summed E-state index contributed by atoms with van der Waals surface area (Å²) in [5.74, 6) is 1.11. The van der Waals surface area contributed by atoms with Gasteiger partial charge in [0.25, 0.3) is 0 Å². The van der Waals surface area contributed by atoms with E-state index in [0.29, 0.717) is 12.3 Å². The Morgan fingerprint density at radius 2 is 1.81 bits per heavy atom. The van der Waals surface area contributed by atoms with Gasteiger partial charge in [-0.3, -0.25) is 13.8 Å². The number of nitrogens with one attached hydrogen (secondary N) is 1. The predicted molar refractivity (Wildman–Crippen MR) is 147 cm³/mol. The highest BCUT2D eigenvalue weighted by Gasteiger charge is 2.34. The van der Waals surface area contributed by atoms with E-state index in [2.05, 4.69) is 11.4 Å². The molecule has 1 aliphatic heterocycles. The summed E-state index contributed by atoms with van der Waals surface area (Å²) in [4.78, 5) is 26.4. The second-order valence-corrected chi connectivity index (χ2v) is 11.2. The number of hydrogen-bond donors (Lipinski definition) is 2. The van der Waals surface area contributed by atoms with Crippen molar-refractivity contribution >= 4 is 34.4 Å². The van der Waals surface area contributed by atoms with Crippen LogP contribution >= 0.6 is 11.8 Å². The molecule has 194 valence electrons. The lowest BCUT2D eigenvalue weighted by atomic mass is 10.0. The van der Waals surface area contributed by atoms with Crippen molar-refractivity contribution in [2.24, 2.45) is 0 Å². The van der Waals surface area contributed by atoms with Gasteiger partial charge >= 0.3 is 0 Å². The molecule has 2 N–H and O–H groups in total. The van der Waals surface area contributed by atoms with E-state index in [1.807, 2.05) is 71.6 Å². The van der Waals surface area contributed by atoms with Crippen molar-refractivity contribution in [1.82, 2.24) is 10.2 Å². The average molecular weight is 539 g/mol. The molecule has 0 spiro atoms. The van der Waals surface area contributed by atoms with Crippen molar-refractivity contribution in [3.05, 3.63) is 89.5 Å². The fourth-order valence-corrected chi connectivity index (χ4v) is 6.46. The summed E-state index contributed by atoms with van der Waals surface area (Å²) in [5.41, 5.74) is 4.88. The molecule has 1 aliphatic rings. The molecular weight excluding hydrogens is 508 g/mol. The van der Waals surface area contributed by atoms with Gasteiger partial charge in [-0.2, -0.15) is 0 Å². The van der Waals surface area contributed by atoms with E-state index in [-0.39, 0.29) is 41.8 Å². The minimum absolute atomic E-state index is 0.0964. The first-order valence-corrected chi connectivity index (χ1v) is 14.5. The Labute approximate surface area is 223 Å². The normalized spacial score (nSPS) is 16.0. The van der Waals surface area contributed by atoms with Gasteiger partial charge in [-0.25, -0.2) is 0 Å². The summed E-state index contributed by atoms with van der Waals surface area (Å²) < 4.78 is 18.0. The molecule has 1 saturated heterocycles. The number of thioether (sulfide) groups is 1. The smallest absolute Gasteiger partial charge is 0.234 e. The van der Waals surface area contributed by atoms with Gasteiger partial charge in [-0.15, -0.1) is 11.8 Å². The highest BCUT2D eigenvalue weighted by molar-refractivity contribution is 8.00. The van der Waals surface area contributed by atoms with E-state index in [4.69, 9.17) is 9.84 Å². The molecule has 0 aliphatic carbocycles. The van der Waals surface area contributed by atoms with Gasteiger partial charge in [-0.1, -0.05) is 60.7 Å². The van der Waals surface area contributed by atoms with Crippen LogP contribution < -0.4 is 10.1 Å². The van der Waals surface area contributed by atoms with Crippen molar-refractivity contribution in [3.63, 3.8) is 0 Å². The molecule has 7 nitrogen and oxygen atoms in total. The number of aliphatic hydroxyl groups excluding tert-OH is 1. The van der Waals surface area contributed by atoms with Crippen LogP contribution in [0.2, 0.25) is 0 Å². The van der Waals surface area contributed by atoms with E-state index in [1.54, 1.807) is 18.9 Å². The molecule has 3 aromatic rings. The Balaban J connectivity index is 1.50. The molecule has 0 radical (unpaired) electrons. The van der Waals surface area contributed by atoms with Crippen LogP contribution in [0.25, 0.3) is 11.1 Å². The van der Waals surface area contributed by atoms with Crippen LogP contribution in [0.1, 0.15) is 22.1 Å². The molecule has 9 heteroatoms. The molecular formula is C28H30N2O5S2. The summed E-state index contributed by atoms with van der Waals surface area (Å²) in [5, 5.41) is 11.1. The number of benzene rings is 3. The maximum Gasteiger partial charge on any atom is 0.234 e. The number of carbonyl (C=O) groups is 2. The zero-order valence-corrected chi connectivity index (χ0v) is 22.2. The molecule has 2 unspecified atom stereocenters. The van der Waals surface area contributed by atoms with Crippen LogP contribution in [0.5, 0.6) is 5.75 Å². The summed E-state index contributed by atoms with van der Waals surface area (Å²) in [6.07, 6.45) is 0. The minimum Gasteiger partial charge on any atom is -0.496 e. The molecule has 1 fully saturated rings. The lowest BCUT2D eigenvalue weighted by molar-refractivity contribution is -0.128. The number of ether oxygens (including phenoxy) is 1. The van der Waals surface area contributed by atoms with Crippen LogP contribution in [0.3, 0.4) is 0 Å². The molecule has 3 aromatic carbocycles. The highest BCUT2D eigenvalue weighted by Crippen LogP contribution is 2.44. The van der Waals surface area contributed by atoms with Gasteiger partial charge in [-0.05, 0) is 34.4 Å². The largest absolute Gasteiger partial charge is 0.496 e. The average Bonchev–Trinajstić information content (AvgIpc) is 3.27. The number of aliphatic hydroxyl groups is 1. The molecule has 2 amide bonds. The summed E-state index contributed by atoms with van der Waals surface area (Å²) >= 11 is 1.60. The number of hydrogen-bond acceptors (Lipinski definition) is 6. The van der Waals surface area contributed by atoms with E-state index in [0.717, 1.165) is 33.6 Å². The number of rotatable bonds is 11. The van der Waals surface area contributed by atoms with Crippen molar-refractivity contribution in [1.29, 1.82) is 0 Å². The topological polar surface area (TPSA) is 95.9 Å². The molecule has 37 heavy (non-hydrogen) atoms. The second-order valence-electron chi connectivity index (χ2n) is 8.63. The van der Waals surface area contributed by atoms with Gasteiger partial charge < -0.3 is 20.1 Å². The van der Waals surface area contributed by atoms with Crippen LogP contribution in [0.4, 0.5) is 0 Å². The fourth-order valence-electron chi connectivity index (χ4n) is 4.19. The zero-order valence-electron chi connectivity index (χ0n) is 20.6. The summed E-state index contributed by atoms with van der Waals surface area (Å²) in [6, 6.07) is 23.7. The van der Waals surface area contributed by atoms with Crippen LogP contribution in [0, 0.1) is 0 Å². The first kappa shape index (κ1) is 26.9. The minimum atomic E-state index is -1.34. The fraction of sp³-hybridized carbons (Fsp3) is 0.286. The standard InChI is InChI=1S/C28H30N2O5S2/c1-35-25-12-11-23(22-9-7-21(8-10-22)18-37(34)19-26(32)29-13-14-31)15-24(25)28-30(27(33)17-36-28)16-20-5-3-2-4-6-20/h2-12,15,28,31H,13-14,16-19H2,1H3,(H,29,32). The first-order valence-electron chi connectivity index (χ1n) is 11.9. The molecule has 4 rings (SSSR count). The molecule has 0 bridgehead atoms. The third kappa shape index (κ3) is 7.00. The van der Waals surface area contributed by atoms with Gasteiger partial charge in [0.2, 0.25) is 11.8 Å². The lowest BCUT2D eigenvalue weighted by Gasteiger charge is -2.26. The highest BCUT2D eigenvalue weighted by atomic mass is 32.2. The number of nitrogens with zero attached hydrogens (tertiary/aromatic N) is 1. The maximum absolute atomic E-state index is 12.8. The van der Waals surface area contributed by atoms with Gasteiger partial charge in [0.05, 0.1) is 19.5 Å². The zero-order chi connectivity index (χ0) is 26.2. The Hall–Kier alpha value is -3.14. The first-order chi connectivity index (χ1) is 18.0. The van der Waals surface area contributed by atoms with Crippen molar-refractivity contribution < 1.29 is 23.6 Å².